The van der Waals surface area contributed by atoms with Gasteiger partial charge in [0, 0.05) is 31.8 Å². The van der Waals surface area contributed by atoms with Crippen molar-refractivity contribution in [1.82, 2.24) is 4.90 Å². The summed E-state index contributed by atoms with van der Waals surface area (Å²) in [6.07, 6.45) is 0.0666. The van der Waals surface area contributed by atoms with Crippen LogP contribution in [0.4, 0.5) is 5.69 Å². The van der Waals surface area contributed by atoms with E-state index in [9.17, 15) is 14.4 Å². The van der Waals surface area contributed by atoms with Crippen molar-refractivity contribution in [2.45, 2.75) is 12.8 Å². The van der Waals surface area contributed by atoms with E-state index in [0.29, 0.717) is 11.3 Å². The SMILES string of the molecule is COC(=O)CCC(=O)Nc1cccc(C(=O)N(C)C)c1. The summed E-state index contributed by atoms with van der Waals surface area (Å²) >= 11 is 0. The highest BCUT2D eigenvalue weighted by Gasteiger charge is 2.10. The number of amides is 2. The standard InChI is InChI=1S/C14H18N2O4/c1-16(2)14(19)10-5-4-6-11(9-10)15-12(17)7-8-13(18)20-3/h4-6,9H,7-8H2,1-3H3,(H,15,17). The Morgan fingerprint density at radius 1 is 1.20 bits per heavy atom. The number of carbonyl (C=O) groups is 3. The summed E-state index contributed by atoms with van der Waals surface area (Å²) in [4.78, 5) is 35.8. The van der Waals surface area contributed by atoms with Crippen molar-refractivity contribution in [3.8, 4) is 0 Å². The molecule has 6 nitrogen and oxygen atoms in total. The Morgan fingerprint density at radius 2 is 1.90 bits per heavy atom. The molecule has 1 aromatic rings. The summed E-state index contributed by atoms with van der Waals surface area (Å²) < 4.78 is 4.46. The summed E-state index contributed by atoms with van der Waals surface area (Å²) in [6, 6.07) is 6.64. The van der Waals surface area contributed by atoms with E-state index in [1.54, 1.807) is 38.4 Å². The molecule has 0 fully saturated rings. The maximum absolute atomic E-state index is 11.8. The minimum absolute atomic E-state index is 0.0264. The highest BCUT2D eigenvalue weighted by atomic mass is 16.5. The van der Waals surface area contributed by atoms with Gasteiger partial charge in [-0.1, -0.05) is 6.07 Å². The molecule has 0 saturated heterocycles. The van der Waals surface area contributed by atoms with Crippen LogP contribution in [0.2, 0.25) is 0 Å². The summed E-state index contributed by atoms with van der Waals surface area (Å²) in [5.74, 6) is -0.878. The fraction of sp³-hybridized carbons (Fsp3) is 0.357. The topological polar surface area (TPSA) is 75.7 Å². The van der Waals surface area contributed by atoms with Gasteiger partial charge in [0.05, 0.1) is 13.5 Å². The van der Waals surface area contributed by atoms with Gasteiger partial charge in [0.15, 0.2) is 0 Å². The number of rotatable bonds is 5. The molecule has 1 N–H and O–H groups in total. The molecule has 1 rings (SSSR count). The number of nitrogens with zero attached hydrogens (tertiary/aromatic N) is 1. The van der Waals surface area contributed by atoms with Crippen molar-refractivity contribution in [3.05, 3.63) is 29.8 Å². The van der Waals surface area contributed by atoms with Crippen molar-refractivity contribution in [2.75, 3.05) is 26.5 Å². The van der Waals surface area contributed by atoms with Gasteiger partial charge in [-0.15, -0.1) is 0 Å². The first kappa shape index (κ1) is 15.7. The lowest BCUT2D eigenvalue weighted by molar-refractivity contribution is -0.141. The largest absolute Gasteiger partial charge is 0.469 e. The molecule has 6 heteroatoms. The average Bonchev–Trinajstić information content (AvgIpc) is 2.44. The third kappa shape index (κ3) is 4.72. The monoisotopic (exact) mass is 278 g/mol. The van der Waals surface area contributed by atoms with Gasteiger partial charge >= 0.3 is 5.97 Å². The predicted octanol–water partition coefficient (Wildman–Crippen LogP) is 1.28. The zero-order chi connectivity index (χ0) is 15.1. The van der Waals surface area contributed by atoms with Crippen LogP contribution >= 0.6 is 0 Å². The molecule has 0 radical (unpaired) electrons. The number of hydrogen-bond acceptors (Lipinski definition) is 4. The molecular formula is C14H18N2O4. The summed E-state index contributed by atoms with van der Waals surface area (Å²) in [5.41, 5.74) is 1.01. The minimum Gasteiger partial charge on any atom is -0.469 e. The Kier molecular flexibility index (Phi) is 5.71. The van der Waals surface area contributed by atoms with Gasteiger partial charge in [-0.3, -0.25) is 14.4 Å². The van der Waals surface area contributed by atoms with Crippen LogP contribution in [0.15, 0.2) is 24.3 Å². The molecule has 0 aliphatic heterocycles. The van der Waals surface area contributed by atoms with Crippen LogP contribution in [0.5, 0.6) is 0 Å². The van der Waals surface area contributed by atoms with Crippen LogP contribution in [0.3, 0.4) is 0 Å². The molecule has 0 bridgehead atoms. The van der Waals surface area contributed by atoms with Crippen LogP contribution in [-0.4, -0.2) is 43.9 Å². The molecule has 20 heavy (non-hydrogen) atoms. The van der Waals surface area contributed by atoms with Gasteiger partial charge in [-0.25, -0.2) is 0 Å². The lowest BCUT2D eigenvalue weighted by Gasteiger charge is -2.11. The Hall–Kier alpha value is -2.37. The second kappa shape index (κ2) is 7.28. The summed E-state index contributed by atoms with van der Waals surface area (Å²) in [6.45, 7) is 0. The Labute approximate surface area is 117 Å². The van der Waals surface area contributed by atoms with E-state index in [-0.39, 0.29) is 24.7 Å². The van der Waals surface area contributed by atoms with Gasteiger partial charge in [0.25, 0.3) is 5.91 Å². The van der Waals surface area contributed by atoms with Gasteiger partial charge in [-0.05, 0) is 18.2 Å². The molecule has 0 atom stereocenters. The number of benzene rings is 1. The van der Waals surface area contributed by atoms with Crippen LogP contribution in [-0.2, 0) is 14.3 Å². The van der Waals surface area contributed by atoms with Crippen molar-refractivity contribution in [3.63, 3.8) is 0 Å². The average molecular weight is 278 g/mol. The van der Waals surface area contributed by atoms with Gasteiger partial charge < -0.3 is 15.0 Å². The number of hydrogen-bond donors (Lipinski definition) is 1. The fourth-order valence-electron chi connectivity index (χ4n) is 1.53. The van der Waals surface area contributed by atoms with Crippen molar-refractivity contribution < 1.29 is 19.1 Å². The quantitative estimate of drug-likeness (QED) is 0.823. The van der Waals surface area contributed by atoms with Crippen LogP contribution in [0.25, 0.3) is 0 Å². The molecule has 2 amide bonds. The minimum atomic E-state index is -0.434. The zero-order valence-corrected chi connectivity index (χ0v) is 11.8. The Morgan fingerprint density at radius 3 is 2.50 bits per heavy atom. The Bertz CT molecular complexity index is 512. The molecule has 0 heterocycles. The van der Waals surface area contributed by atoms with Crippen LogP contribution in [0.1, 0.15) is 23.2 Å². The van der Waals surface area contributed by atoms with E-state index >= 15 is 0 Å². The Balaban J connectivity index is 2.64. The molecule has 0 spiro atoms. The van der Waals surface area contributed by atoms with Crippen LogP contribution in [0, 0.1) is 0 Å². The second-order valence-electron chi connectivity index (χ2n) is 4.40. The van der Waals surface area contributed by atoms with Gasteiger partial charge in [-0.2, -0.15) is 0 Å². The number of anilines is 1. The number of esters is 1. The third-order valence-corrected chi connectivity index (χ3v) is 2.58. The number of methoxy groups -OCH3 is 1. The third-order valence-electron chi connectivity index (χ3n) is 2.58. The second-order valence-corrected chi connectivity index (χ2v) is 4.40. The molecule has 0 aromatic heterocycles. The van der Waals surface area contributed by atoms with Gasteiger partial charge in [0.1, 0.15) is 0 Å². The smallest absolute Gasteiger partial charge is 0.306 e. The highest BCUT2D eigenvalue weighted by Crippen LogP contribution is 2.12. The predicted molar refractivity (Wildman–Crippen MR) is 74.3 cm³/mol. The highest BCUT2D eigenvalue weighted by molar-refractivity contribution is 5.97. The number of carbonyl (C=O) groups excluding carboxylic acids is 3. The molecule has 0 saturated carbocycles. The summed E-state index contributed by atoms with van der Waals surface area (Å²) in [7, 11) is 4.59. The molecule has 1 aromatic carbocycles. The first-order chi connectivity index (χ1) is 9.43. The maximum Gasteiger partial charge on any atom is 0.306 e. The van der Waals surface area contributed by atoms with Crippen molar-refractivity contribution >= 4 is 23.5 Å². The number of ether oxygens (including phenoxy) is 1. The lowest BCUT2D eigenvalue weighted by Crippen LogP contribution is -2.22. The lowest BCUT2D eigenvalue weighted by atomic mass is 10.1. The van der Waals surface area contributed by atoms with Crippen LogP contribution < -0.4 is 5.32 Å². The molecule has 0 unspecified atom stereocenters. The first-order valence-corrected chi connectivity index (χ1v) is 6.12. The van der Waals surface area contributed by atoms with E-state index in [1.807, 2.05) is 0 Å². The van der Waals surface area contributed by atoms with E-state index in [4.69, 9.17) is 0 Å². The summed E-state index contributed by atoms with van der Waals surface area (Å²) in [5, 5.41) is 2.64. The fourth-order valence-corrected chi connectivity index (χ4v) is 1.53. The molecule has 0 aliphatic carbocycles. The van der Waals surface area contributed by atoms with E-state index in [1.165, 1.54) is 12.0 Å². The molecule has 108 valence electrons. The van der Waals surface area contributed by atoms with Crippen molar-refractivity contribution in [1.29, 1.82) is 0 Å². The molecule has 0 aliphatic rings. The maximum atomic E-state index is 11.8. The van der Waals surface area contributed by atoms with Gasteiger partial charge in [0.2, 0.25) is 5.91 Å². The zero-order valence-electron chi connectivity index (χ0n) is 11.8. The first-order valence-electron chi connectivity index (χ1n) is 6.12. The van der Waals surface area contributed by atoms with Crippen molar-refractivity contribution in [2.24, 2.45) is 0 Å². The van der Waals surface area contributed by atoms with E-state index in [0.717, 1.165) is 0 Å². The van der Waals surface area contributed by atoms with E-state index < -0.39 is 5.97 Å². The normalized spacial score (nSPS) is 9.75. The number of nitrogens with one attached hydrogen (secondary N) is 1. The molecular weight excluding hydrogens is 260 g/mol. The van der Waals surface area contributed by atoms with E-state index in [2.05, 4.69) is 10.1 Å².